The molecule has 30 heavy (non-hydrogen) atoms. The maximum absolute atomic E-state index is 13.9. The minimum Gasteiger partial charge on any atom is -0.450 e. The number of nitrogens with zero attached hydrogens (tertiary/aromatic N) is 5. The van der Waals surface area contributed by atoms with Gasteiger partial charge in [0.25, 0.3) is 5.89 Å². The molecule has 8 nitrogen and oxygen atoms in total. The van der Waals surface area contributed by atoms with Crippen LogP contribution in [0.5, 0.6) is 0 Å². The van der Waals surface area contributed by atoms with Crippen LogP contribution in [0.4, 0.5) is 10.2 Å². The molecule has 0 atom stereocenters. The summed E-state index contributed by atoms with van der Waals surface area (Å²) < 4.78 is 24.5. The van der Waals surface area contributed by atoms with Crippen molar-refractivity contribution in [1.82, 2.24) is 20.1 Å². The van der Waals surface area contributed by atoms with E-state index < -0.39 is 17.4 Å². The van der Waals surface area contributed by atoms with Gasteiger partial charge in [-0.15, -0.1) is 0 Å². The second kappa shape index (κ2) is 7.66. The molecule has 2 aromatic heterocycles. The van der Waals surface area contributed by atoms with Crippen molar-refractivity contribution in [3.05, 3.63) is 36.0 Å². The van der Waals surface area contributed by atoms with E-state index in [9.17, 15) is 9.18 Å². The summed E-state index contributed by atoms with van der Waals surface area (Å²) in [6.45, 7) is 6.12. The lowest BCUT2D eigenvalue weighted by Crippen LogP contribution is -2.34. The second-order valence-electron chi connectivity index (χ2n) is 7.91. The van der Waals surface area contributed by atoms with Gasteiger partial charge < -0.3 is 14.2 Å². The Balaban J connectivity index is 1.50. The minimum absolute atomic E-state index is 0.0989. The van der Waals surface area contributed by atoms with E-state index in [1.165, 1.54) is 25.4 Å². The summed E-state index contributed by atoms with van der Waals surface area (Å²) >= 11 is 0. The number of rotatable bonds is 4. The summed E-state index contributed by atoms with van der Waals surface area (Å²) in [4.78, 5) is 26.4. The van der Waals surface area contributed by atoms with E-state index in [0.29, 0.717) is 41.1 Å². The molecule has 4 rings (SSSR count). The third kappa shape index (κ3) is 3.86. The average molecular weight is 409 g/mol. The van der Waals surface area contributed by atoms with Crippen LogP contribution in [-0.4, -0.2) is 47.0 Å². The fourth-order valence-corrected chi connectivity index (χ4v) is 3.80. The normalized spacial score (nSPS) is 15.5. The Morgan fingerprint density at radius 2 is 2.03 bits per heavy atom. The number of aromatic nitrogens is 4. The van der Waals surface area contributed by atoms with Crippen molar-refractivity contribution in [3.8, 4) is 0 Å². The van der Waals surface area contributed by atoms with Crippen LogP contribution in [0, 0.1) is 5.82 Å². The van der Waals surface area contributed by atoms with Crippen molar-refractivity contribution in [2.24, 2.45) is 0 Å². The molecule has 1 fully saturated rings. The monoisotopic (exact) mass is 409 g/mol. The summed E-state index contributed by atoms with van der Waals surface area (Å²) in [5.74, 6) is 0.787. The van der Waals surface area contributed by atoms with Crippen LogP contribution in [0.1, 0.15) is 51.2 Å². The Hall–Kier alpha value is -3.04. The Morgan fingerprint density at radius 3 is 2.73 bits per heavy atom. The molecule has 0 unspecified atom stereocenters. The topological polar surface area (TPSA) is 94.2 Å². The van der Waals surface area contributed by atoms with Crippen LogP contribution in [0.15, 0.2) is 23.0 Å². The number of ether oxygens (including phenoxy) is 1. The predicted molar refractivity (Wildman–Crippen MR) is 108 cm³/mol. The third-order valence-corrected chi connectivity index (χ3v) is 5.23. The van der Waals surface area contributed by atoms with Gasteiger partial charge in [-0.05, 0) is 38.8 Å². The summed E-state index contributed by atoms with van der Waals surface area (Å²) in [6.07, 6.45) is 2.98. The predicted octanol–water partition coefficient (Wildman–Crippen LogP) is 2.13. The standard InChI is InChI=1S/C20H21BFN5O3/c1-11(28)29-20(2,3)19-25-17(26-30-19)12-4-6-27(7-5-12)18-14-8-13(22)9-15(21)16(14)23-10-24-18/h8-10,12H,4-7H2,1-3H3. The van der Waals surface area contributed by atoms with Gasteiger partial charge in [-0.25, -0.2) is 14.4 Å². The number of hydrogen-bond acceptors (Lipinski definition) is 8. The van der Waals surface area contributed by atoms with E-state index in [4.69, 9.17) is 17.1 Å². The molecule has 0 amide bonds. The van der Waals surface area contributed by atoms with Gasteiger partial charge in [-0.3, -0.25) is 4.79 Å². The van der Waals surface area contributed by atoms with E-state index >= 15 is 0 Å². The molecule has 0 saturated carbocycles. The zero-order valence-electron chi connectivity index (χ0n) is 17.1. The minimum atomic E-state index is -0.984. The Kier molecular flexibility index (Phi) is 5.17. The molecule has 1 aromatic carbocycles. The second-order valence-corrected chi connectivity index (χ2v) is 7.91. The first-order chi connectivity index (χ1) is 14.2. The zero-order valence-corrected chi connectivity index (χ0v) is 17.1. The van der Waals surface area contributed by atoms with Crippen LogP contribution in [0.3, 0.4) is 0 Å². The smallest absolute Gasteiger partial charge is 0.303 e. The van der Waals surface area contributed by atoms with Gasteiger partial charge in [0.05, 0.1) is 5.52 Å². The SMILES string of the molecule is [B]c1cc(F)cc2c(N3CCC(c4noc(C(C)(C)OC(C)=O)n4)CC3)ncnc12. The third-order valence-electron chi connectivity index (χ3n) is 5.23. The lowest BCUT2D eigenvalue weighted by atomic mass is 9.92. The van der Waals surface area contributed by atoms with Gasteiger partial charge in [0.1, 0.15) is 25.8 Å². The summed E-state index contributed by atoms with van der Waals surface area (Å²) in [6, 6.07) is 2.67. The molecule has 0 spiro atoms. The zero-order chi connectivity index (χ0) is 21.5. The first kappa shape index (κ1) is 20.2. The molecule has 3 heterocycles. The highest BCUT2D eigenvalue weighted by atomic mass is 19.1. The fourth-order valence-electron chi connectivity index (χ4n) is 3.80. The highest BCUT2D eigenvalue weighted by Gasteiger charge is 2.33. The number of carbonyl (C=O) groups is 1. The number of piperidine rings is 1. The molecule has 0 bridgehead atoms. The van der Waals surface area contributed by atoms with Crippen LogP contribution in [0.25, 0.3) is 10.9 Å². The molecule has 154 valence electrons. The highest BCUT2D eigenvalue weighted by molar-refractivity contribution is 6.38. The first-order valence-electron chi connectivity index (χ1n) is 9.73. The number of anilines is 1. The fraction of sp³-hybridized carbons (Fsp3) is 0.450. The molecule has 10 heteroatoms. The van der Waals surface area contributed by atoms with E-state index in [1.54, 1.807) is 13.8 Å². The molecule has 0 N–H and O–H groups in total. The maximum atomic E-state index is 13.9. The van der Waals surface area contributed by atoms with Crippen molar-refractivity contribution in [3.63, 3.8) is 0 Å². The molecule has 1 saturated heterocycles. The molecule has 0 aliphatic carbocycles. The number of hydrogen-bond donors (Lipinski definition) is 0. The highest BCUT2D eigenvalue weighted by Crippen LogP contribution is 2.32. The summed E-state index contributed by atoms with van der Waals surface area (Å²) in [7, 11) is 5.91. The van der Waals surface area contributed by atoms with Gasteiger partial charge in [0, 0.05) is 31.3 Å². The van der Waals surface area contributed by atoms with Crippen LogP contribution >= 0.6 is 0 Å². The lowest BCUT2D eigenvalue weighted by Gasteiger charge is -2.32. The van der Waals surface area contributed by atoms with Crippen molar-refractivity contribution < 1.29 is 18.4 Å². The number of esters is 1. The Bertz CT molecular complexity index is 1100. The van der Waals surface area contributed by atoms with Gasteiger partial charge in [-0.1, -0.05) is 10.6 Å². The first-order valence-corrected chi connectivity index (χ1v) is 9.73. The van der Waals surface area contributed by atoms with Gasteiger partial charge in [0.15, 0.2) is 11.4 Å². The van der Waals surface area contributed by atoms with Crippen molar-refractivity contribution in [2.75, 3.05) is 18.0 Å². The quantitative estimate of drug-likeness (QED) is 0.478. The molecule has 3 aromatic rings. The number of carbonyl (C=O) groups excluding carboxylic acids is 1. The Labute approximate surface area is 174 Å². The largest absolute Gasteiger partial charge is 0.450 e. The van der Waals surface area contributed by atoms with Crippen LogP contribution in [0.2, 0.25) is 0 Å². The van der Waals surface area contributed by atoms with Crippen LogP contribution in [-0.2, 0) is 15.1 Å². The molecule has 1 aliphatic rings. The Morgan fingerprint density at radius 1 is 1.30 bits per heavy atom. The molecular weight excluding hydrogens is 388 g/mol. The van der Waals surface area contributed by atoms with Gasteiger partial charge in [0.2, 0.25) is 0 Å². The van der Waals surface area contributed by atoms with E-state index in [-0.39, 0.29) is 11.8 Å². The number of benzene rings is 1. The van der Waals surface area contributed by atoms with Crippen LogP contribution < -0.4 is 10.4 Å². The maximum Gasteiger partial charge on any atom is 0.303 e. The number of halogens is 1. The average Bonchev–Trinajstić information content (AvgIpc) is 3.18. The number of fused-ring (bicyclic) bond motifs is 1. The van der Waals surface area contributed by atoms with Crippen molar-refractivity contribution >= 4 is 36.0 Å². The molecular formula is C20H21BFN5O3. The van der Waals surface area contributed by atoms with Gasteiger partial charge in [-0.2, -0.15) is 4.98 Å². The molecule has 1 aliphatic heterocycles. The van der Waals surface area contributed by atoms with E-state index in [1.807, 2.05) is 0 Å². The lowest BCUT2D eigenvalue weighted by molar-refractivity contribution is -0.157. The molecule has 2 radical (unpaired) electrons. The van der Waals surface area contributed by atoms with Crippen molar-refractivity contribution in [1.29, 1.82) is 0 Å². The summed E-state index contributed by atoms with van der Waals surface area (Å²) in [5, 5.41) is 4.69. The van der Waals surface area contributed by atoms with Crippen molar-refractivity contribution in [2.45, 2.75) is 45.1 Å². The van der Waals surface area contributed by atoms with Gasteiger partial charge >= 0.3 is 5.97 Å². The van der Waals surface area contributed by atoms with E-state index in [2.05, 4.69) is 25.0 Å². The van der Waals surface area contributed by atoms with E-state index in [0.717, 1.165) is 12.8 Å². The summed E-state index contributed by atoms with van der Waals surface area (Å²) in [5.41, 5.74) is -0.154.